The molecule has 26 heavy (non-hydrogen) atoms. The van der Waals surface area contributed by atoms with Crippen LogP contribution in [0.1, 0.15) is 75.5 Å². The molecule has 0 amide bonds. The Kier molecular flexibility index (Phi) is 4.27. The van der Waals surface area contributed by atoms with Gasteiger partial charge in [0, 0.05) is 13.1 Å². The molecule has 0 heterocycles. The monoisotopic (exact) mass is 349 g/mol. The minimum Gasteiger partial charge on any atom is -0.312 e. The van der Waals surface area contributed by atoms with Crippen LogP contribution in [0.5, 0.6) is 0 Å². The maximum absolute atomic E-state index is 3.88. The third-order valence-electron chi connectivity index (χ3n) is 7.97. The first-order valence-corrected chi connectivity index (χ1v) is 11.1. The van der Waals surface area contributed by atoms with Crippen LogP contribution in [0.15, 0.2) is 23.8 Å². The third-order valence-corrected chi connectivity index (χ3v) is 7.97. The molecular formula is C25H35N. The standard InChI is InChI=1S/C25H35N/c1-17(2)22-5-6-23-10-18(3-4-24(23)11-22)15-26-16-25-12-19-7-20(13-25)9-21(8-19)14-25/h3-4,10-11,17,19-21,26H,5-9,12-16H2,1-2H3. The Bertz CT molecular complexity index is 676. The average molecular weight is 350 g/mol. The molecule has 0 aromatic heterocycles. The number of aryl methyl sites for hydroxylation is 1. The molecular weight excluding hydrogens is 314 g/mol. The lowest BCUT2D eigenvalue weighted by Gasteiger charge is -2.57. The highest BCUT2D eigenvalue weighted by Gasteiger charge is 2.50. The van der Waals surface area contributed by atoms with Gasteiger partial charge in [-0.1, -0.05) is 43.7 Å². The summed E-state index contributed by atoms with van der Waals surface area (Å²) in [6, 6.07) is 7.18. The fourth-order valence-corrected chi connectivity index (χ4v) is 7.11. The van der Waals surface area contributed by atoms with Crippen molar-refractivity contribution in [1.29, 1.82) is 0 Å². The van der Waals surface area contributed by atoms with Crippen LogP contribution in [0.4, 0.5) is 0 Å². The second-order valence-corrected chi connectivity index (χ2v) is 10.4. The Hall–Kier alpha value is -1.08. The second kappa shape index (κ2) is 6.51. The topological polar surface area (TPSA) is 12.0 Å². The maximum atomic E-state index is 3.88. The van der Waals surface area contributed by atoms with E-state index in [0.717, 1.165) is 24.3 Å². The van der Waals surface area contributed by atoms with E-state index in [1.54, 1.807) is 30.4 Å². The van der Waals surface area contributed by atoms with Gasteiger partial charge in [-0.3, -0.25) is 0 Å². The maximum Gasteiger partial charge on any atom is 0.0205 e. The highest BCUT2D eigenvalue weighted by molar-refractivity contribution is 5.60. The highest BCUT2D eigenvalue weighted by atomic mass is 14.9. The molecule has 140 valence electrons. The van der Waals surface area contributed by atoms with Gasteiger partial charge in [0.2, 0.25) is 0 Å². The third kappa shape index (κ3) is 3.17. The zero-order valence-corrected chi connectivity index (χ0v) is 16.7. The van der Waals surface area contributed by atoms with Gasteiger partial charge in [0.15, 0.2) is 0 Å². The summed E-state index contributed by atoms with van der Waals surface area (Å²) < 4.78 is 0. The molecule has 1 aromatic carbocycles. The number of allylic oxidation sites excluding steroid dienone is 1. The minimum absolute atomic E-state index is 0.651. The molecule has 4 fully saturated rings. The molecule has 1 N–H and O–H groups in total. The quantitative estimate of drug-likeness (QED) is 0.689. The largest absolute Gasteiger partial charge is 0.312 e. The molecule has 1 nitrogen and oxygen atoms in total. The van der Waals surface area contributed by atoms with E-state index >= 15 is 0 Å². The second-order valence-electron chi connectivity index (χ2n) is 10.4. The summed E-state index contributed by atoms with van der Waals surface area (Å²) in [5, 5.41) is 3.88. The van der Waals surface area contributed by atoms with E-state index in [1.165, 1.54) is 49.8 Å². The SMILES string of the molecule is CC(C)C1=Cc2ccc(CNCC34CC5CC(CC(C5)C3)C4)cc2CC1. The van der Waals surface area contributed by atoms with Crippen molar-refractivity contribution >= 4 is 6.08 Å². The van der Waals surface area contributed by atoms with Crippen molar-refractivity contribution in [3.8, 4) is 0 Å². The van der Waals surface area contributed by atoms with E-state index in [2.05, 4.69) is 43.4 Å². The molecule has 6 rings (SSSR count). The van der Waals surface area contributed by atoms with Crippen LogP contribution in [0.3, 0.4) is 0 Å². The van der Waals surface area contributed by atoms with Crippen LogP contribution < -0.4 is 5.32 Å². The van der Waals surface area contributed by atoms with Gasteiger partial charge in [-0.05, 0) is 97.1 Å². The van der Waals surface area contributed by atoms with Crippen molar-refractivity contribution in [2.24, 2.45) is 29.1 Å². The molecule has 5 aliphatic carbocycles. The van der Waals surface area contributed by atoms with E-state index in [9.17, 15) is 0 Å². The van der Waals surface area contributed by atoms with Crippen LogP contribution in [0.25, 0.3) is 6.08 Å². The molecule has 1 heteroatoms. The van der Waals surface area contributed by atoms with Crippen LogP contribution >= 0.6 is 0 Å². The summed E-state index contributed by atoms with van der Waals surface area (Å²) in [6.45, 7) is 6.94. The first-order valence-electron chi connectivity index (χ1n) is 11.1. The first kappa shape index (κ1) is 17.0. The van der Waals surface area contributed by atoms with Gasteiger partial charge < -0.3 is 5.32 Å². The van der Waals surface area contributed by atoms with Crippen molar-refractivity contribution in [2.75, 3.05) is 6.54 Å². The molecule has 0 saturated heterocycles. The van der Waals surface area contributed by atoms with Crippen LogP contribution in [0.2, 0.25) is 0 Å². The summed E-state index contributed by atoms with van der Waals surface area (Å²) in [4.78, 5) is 0. The number of benzene rings is 1. The molecule has 0 unspecified atom stereocenters. The molecule has 1 aromatic rings. The van der Waals surface area contributed by atoms with Crippen LogP contribution in [-0.4, -0.2) is 6.54 Å². The lowest BCUT2D eigenvalue weighted by molar-refractivity contribution is -0.0514. The molecule has 0 atom stereocenters. The molecule has 4 saturated carbocycles. The first-order chi connectivity index (χ1) is 12.6. The molecule has 4 bridgehead atoms. The number of hydrogen-bond donors (Lipinski definition) is 1. The zero-order chi connectivity index (χ0) is 17.7. The predicted molar refractivity (Wildman–Crippen MR) is 110 cm³/mol. The fourth-order valence-electron chi connectivity index (χ4n) is 7.11. The predicted octanol–water partition coefficient (Wildman–Crippen LogP) is 5.98. The van der Waals surface area contributed by atoms with Crippen molar-refractivity contribution < 1.29 is 0 Å². The van der Waals surface area contributed by atoms with E-state index in [-0.39, 0.29) is 0 Å². The normalized spacial score (nSPS) is 34.9. The van der Waals surface area contributed by atoms with Crippen molar-refractivity contribution in [2.45, 2.75) is 71.8 Å². The van der Waals surface area contributed by atoms with Crippen LogP contribution in [-0.2, 0) is 13.0 Å². The Morgan fingerprint density at radius 3 is 2.35 bits per heavy atom. The number of fused-ring (bicyclic) bond motifs is 1. The smallest absolute Gasteiger partial charge is 0.0205 e. The minimum atomic E-state index is 0.651. The van der Waals surface area contributed by atoms with E-state index in [4.69, 9.17) is 0 Å². The lowest BCUT2D eigenvalue weighted by Crippen LogP contribution is -2.50. The molecule has 5 aliphatic rings. The van der Waals surface area contributed by atoms with E-state index < -0.39 is 0 Å². The van der Waals surface area contributed by atoms with Crippen molar-refractivity contribution in [3.05, 3.63) is 40.5 Å². The molecule has 0 radical (unpaired) electrons. The summed E-state index contributed by atoms with van der Waals surface area (Å²) in [6.07, 6.45) is 14.1. The summed E-state index contributed by atoms with van der Waals surface area (Å²) in [5.74, 6) is 3.88. The lowest BCUT2D eigenvalue weighted by atomic mass is 9.49. The molecule has 0 aliphatic heterocycles. The zero-order valence-electron chi connectivity index (χ0n) is 16.7. The van der Waals surface area contributed by atoms with E-state index in [1.807, 2.05) is 0 Å². The summed E-state index contributed by atoms with van der Waals surface area (Å²) in [5.41, 5.74) is 6.77. The Balaban J connectivity index is 1.22. The Morgan fingerprint density at radius 1 is 1.00 bits per heavy atom. The van der Waals surface area contributed by atoms with Gasteiger partial charge in [-0.25, -0.2) is 0 Å². The van der Waals surface area contributed by atoms with Crippen molar-refractivity contribution in [3.63, 3.8) is 0 Å². The van der Waals surface area contributed by atoms with E-state index in [0.29, 0.717) is 11.3 Å². The highest BCUT2D eigenvalue weighted by Crippen LogP contribution is 2.59. The van der Waals surface area contributed by atoms with Gasteiger partial charge in [0.1, 0.15) is 0 Å². The van der Waals surface area contributed by atoms with Gasteiger partial charge >= 0.3 is 0 Å². The van der Waals surface area contributed by atoms with Gasteiger partial charge in [0.05, 0.1) is 0 Å². The van der Waals surface area contributed by atoms with Crippen molar-refractivity contribution in [1.82, 2.24) is 5.32 Å². The number of rotatable bonds is 5. The van der Waals surface area contributed by atoms with Gasteiger partial charge in [-0.2, -0.15) is 0 Å². The molecule has 0 spiro atoms. The number of hydrogen-bond acceptors (Lipinski definition) is 1. The number of nitrogens with one attached hydrogen (secondary N) is 1. The Morgan fingerprint density at radius 2 is 1.69 bits per heavy atom. The summed E-state index contributed by atoms with van der Waals surface area (Å²) in [7, 11) is 0. The fraction of sp³-hybridized carbons (Fsp3) is 0.680. The van der Waals surface area contributed by atoms with Gasteiger partial charge in [0.25, 0.3) is 0 Å². The average Bonchev–Trinajstić information content (AvgIpc) is 2.60. The Labute approximate surface area is 159 Å². The summed E-state index contributed by atoms with van der Waals surface area (Å²) >= 11 is 0. The van der Waals surface area contributed by atoms with Crippen LogP contribution in [0, 0.1) is 29.1 Å². The van der Waals surface area contributed by atoms with Gasteiger partial charge in [-0.15, -0.1) is 0 Å².